The van der Waals surface area contributed by atoms with Gasteiger partial charge in [0.25, 0.3) is 0 Å². The zero-order valence-corrected chi connectivity index (χ0v) is 30.3. The van der Waals surface area contributed by atoms with E-state index in [1.54, 1.807) is 0 Å². The molecule has 0 atom stereocenters. The molecule has 0 aliphatic carbocycles. The van der Waals surface area contributed by atoms with Gasteiger partial charge in [0, 0.05) is 38.4 Å². The molecule has 262 valence electrons. The monoisotopic (exact) mass is 715 g/mol. The summed E-state index contributed by atoms with van der Waals surface area (Å²) < 4.78 is 4.58. The maximum atomic E-state index is 5.29. The predicted octanol–water partition coefficient (Wildman–Crippen LogP) is 12.7. The summed E-state index contributed by atoms with van der Waals surface area (Å²) in [6, 6.07) is 70.2. The van der Waals surface area contributed by atoms with Crippen molar-refractivity contribution in [3.63, 3.8) is 0 Å². The Kier molecular flexibility index (Phi) is 7.42. The van der Waals surface area contributed by atoms with Gasteiger partial charge in [0.15, 0.2) is 11.6 Å². The van der Waals surface area contributed by atoms with E-state index in [-0.39, 0.29) is 0 Å². The zero-order valence-electron chi connectivity index (χ0n) is 30.3. The normalized spacial score (nSPS) is 11.6. The van der Waals surface area contributed by atoms with Crippen molar-refractivity contribution in [1.29, 1.82) is 0 Å². The highest BCUT2D eigenvalue weighted by Gasteiger charge is 2.22. The standard InChI is InChI=1S/C51H33N5/c1-4-15-34(16-5-1)35-27-29-36(30-28-35)38-19-14-20-39(33-38)50-52-49(37-17-6-2-7-18-37)53-51(54-50)56-44-26-13-11-24-42(44)48-46(56)32-31-45-47(48)41-23-10-12-25-43(41)55(45)40-21-8-3-9-22-40/h1-33H. The minimum atomic E-state index is 0.573. The Morgan fingerprint density at radius 2 is 0.732 bits per heavy atom. The van der Waals surface area contributed by atoms with Crippen molar-refractivity contribution in [3.05, 3.63) is 200 Å². The van der Waals surface area contributed by atoms with Gasteiger partial charge in [0.1, 0.15) is 0 Å². The maximum absolute atomic E-state index is 5.29. The number of rotatable bonds is 6. The molecule has 0 unspecified atom stereocenters. The first kappa shape index (κ1) is 31.9. The van der Waals surface area contributed by atoms with Gasteiger partial charge in [-0.15, -0.1) is 0 Å². The molecule has 56 heavy (non-hydrogen) atoms. The topological polar surface area (TPSA) is 48.5 Å². The third kappa shape index (κ3) is 5.21. The molecule has 11 aromatic rings. The van der Waals surface area contributed by atoms with Crippen LogP contribution < -0.4 is 0 Å². The Bertz CT molecular complexity index is 3220. The Morgan fingerprint density at radius 3 is 1.38 bits per heavy atom. The van der Waals surface area contributed by atoms with Gasteiger partial charge in [-0.1, -0.05) is 158 Å². The van der Waals surface area contributed by atoms with E-state index in [1.807, 2.05) is 24.3 Å². The summed E-state index contributed by atoms with van der Waals surface area (Å²) in [7, 11) is 0. The predicted molar refractivity (Wildman–Crippen MR) is 230 cm³/mol. The third-order valence-electron chi connectivity index (χ3n) is 10.8. The number of para-hydroxylation sites is 3. The first-order valence-electron chi connectivity index (χ1n) is 18.9. The molecule has 0 bridgehead atoms. The van der Waals surface area contributed by atoms with E-state index in [0.717, 1.165) is 49.9 Å². The van der Waals surface area contributed by atoms with Gasteiger partial charge >= 0.3 is 0 Å². The number of benzene rings is 8. The van der Waals surface area contributed by atoms with Crippen LogP contribution in [0, 0.1) is 0 Å². The second-order valence-corrected chi connectivity index (χ2v) is 14.1. The van der Waals surface area contributed by atoms with E-state index < -0.39 is 0 Å². The molecule has 0 N–H and O–H groups in total. The summed E-state index contributed by atoms with van der Waals surface area (Å²) in [6.45, 7) is 0. The number of hydrogen-bond donors (Lipinski definition) is 0. The Morgan fingerprint density at radius 1 is 0.286 bits per heavy atom. The largest absolute Gasteiger partial charge is 0.309 e. The van der Waals surface area contributed by atoms with Gasteiger partial charge in [-0.25, -0.2) is 4.98 Å². The van der Waals surface area contributed by atoms with Gasteiger partial charge < -0.3 is 4.57 Å². The number of nitrogens with zero attached hydrogens (tertiary/aromatic N) is 5. The molecule has 11 rings (SSSR count). The molecule has 0 amide bonds. The summed E-state index contributed by atoms with van der Waals surface area (Å²) in [5.41, 5.74) is 12.0. The van der Waals surface area contributed by atoms with Crippen molar-refractivity contribution in [2.24, 2.45) is 0 Å². The molecular weight excluding hydrogens is 683 g/mol. The van der Waals surface area contributed by atoms with Crippen molar-refractivity contribution in [1.82, 2.24) is 24.1 Å². The molecule has 0 saturated carbocycles. The van der Waals surface area contributed by atoms with E-state index >= 15 is 0 Å². The van der Waals surface area contributed by atoms with Gasteiger partial charge in [0.05, 0.1) is 22.1 Å². The second-order valence-electron chi connectivity index (χ2n) is 14.1. The molecule has 0 fully saturated rings. The molecule has 5 heteroatoms. The molecule has 0 radical (unpaired) electrons. The van der Waals surface area contributed by atoms with Crippen molar-refractivity contribution in [2.45, 2.75) is 0 Å². The van der Waals surface area contributed by atoms with E-state index in [0.29, 0.717) is 17.6 Å². The highest BCUT2D eigenvalue weighted by Crippen LogP contribution is 2.42. The van der Waals surface area contributed by atoms with E-state index in [1.165, 1.54) is 32.8 Å². The van der Waals surface area contributed by atoms with Gasteiger partial charge in [-0.05, 0) is 64.7 Å². The Labute approximate surface area is 323 Å². The van der Waals surface area contributed by atoms with Gasteiger partial charge in [0.2, 0.25) is 5.95 Å². The quantitative estimate of drug-likeness (QED) is 0.172. The lowest BCUT2D eigenvalue weighted by Crippen LogP contribution is -2.06. The Hall–Kier alpha value is -7.63. The zero-order chi connectivity index (χ0) is 37.0. The smallest absolute Gasteiger partial charge is 0.238 e. The fourth-order valence-corrected chi connectivity index (χ4v) is 8.22. The van der Waals surface area contributed by atoms with Gasteiger partial charge in [-0.2, -0.15) is 9.97 Å². The molecule has 5 nitrogen and oxygen atoms in total. The average Bonchev–Trinajstić information content (AvgIpc) is 3.80. The van der Waals surface area contributed by atoms with Crippen LogP contribution in [0.2, 0.25) is 0 Å². The van der Waals surface area contributed by atoms with Crippen LogP contribution in [0.3, 0.4) is 0 Å². The highest BCUT2D eigenvalue weighted by molar-refractivity contribution is 6.28. The summed E-state index contributed by atoms with van der Waals surface area (Å²) in [5, 5.41) is 4.73. The second kappa shape index (κ2) is 13.0. The molecule has 0 aliphatic rings. The number of aromatic nitrogens is 5. The van der Waals surface area contributed by atoms with E-state index in [2.05, 4.69) is 185 Å². The van der Waals surface area contributed by atoms with Crippen LogP contribution in [0.25, 0.3) is 100 Å². The van der Waals surface area contributed by atoms with Crippen LogP contribution in [-0.4, -0.2) is 24.1 Å². The minimum absolute atomic E-state index is 0.573. The van der Waals surface area contributed by atoms with Crippen molar-refractivity contribution in [3.8, 4) is 56.7 Å². The van der Waals surface area contributed by atoms with E-state index in [9.17, 15) is 0 Å². The SMILES string of the molecule is c1ccc(-c2ccc(-c3cccc(-c4nc(-c5ccccc5)nc(-n5c6ccccc6c6c7c8ccccc8n(-c8ccccc8)c7ccc65)n4)c3)cc2)cc1. The van der Waals surface area contributed by atoms with Crippen LogP contribution in [0.1, 0.15) is 0 Å². The summed E-state index contributed by atoms with van der Waals surface area (Å²) >= 11 is 0. The van der Waals surface area contributed by atoms with Gasteiger partial charge in [-0.3, -0.25) is 4.57 Å². The highest BCUT2D eigenvalue weighted by atomic mass is 15.2. The van der Waals surface area contributed by atoms with Crippen molar-refractivity contribution >= 4 is 43.6 Å². The van der Waals surface area contributed by atoms with Crippen molar-refractivity contribution in [2.75, 3.05) is 0 Å². The molecule has 3 aromatic heterocycles. The van der Waals surface area contributed by atoms with Crippen LogP contribution in [0.15, 0.2) is 200 Å². The minimum Gasteiger partial charge on any atom is -0.309 e. The summed E-state index contributed by atoms with van der Waals surface area (Å²) in [4.78, 5) is 15.6. The van der Waals surface area contributed by atoms with E-state index in [4.69, 9.17) is 15.0 Å². The fourth-order valence-electron chi connectivity index (χ4n) is 8.22. The molecule has 8 aromatic carbocycles. The molecule has 0 spiro atoms. The fraction of sp³-hybridized carbons (Fsp3) is 0. The molecule has 0 saturated heterocycles. The summed E-state index contributed by atoms with van der Waals surface area (Å²) in [5.74, 6) is 1.81. The summed E-state index contributed by atoms with van der Waals surface area (Å²) in [6.07, 6.45) is 0. The van der Waals surface area contributed by atoms with Crippen LogP contribution >= 0.6 is 0 Å². The molecule has 0 aliphatic heterocycles. The number of hydrogen-bond acceptors (Lipinski definition) is 3. The lowest BCUT2D eigenvalue weighted by molar-refractivity contribution is 0.953. The molecular formula is C51H33N5. The first-order chi connectivity index (χ1) is 27.8. The third-order valence-corrected chi connectivity index (χ3v) is 10.8. The lowest BCUT2D eigenvalue weighted by Gasteiger charge is -2.12. The van der Waals surface area contributed by atoms with Crippen molar-refractivity contribution < 1.29 is 0 Å². The first-order valence-corrected chi connectivity index (χ1v) is 18.9. The van der Waals surface area contributed by atoms with Crippen LogP contribution in [0.5, 0.6) is 0 Å². The molecule has 3 heterocycles. The van der Waals surface area contributed by atoms with Crippen LogP contribution in [0.4, 0.5) is 0 Å². The number of fused-ring (bicyclic) bond motifs is 7. The van der Waals surface area contributed by atoms with Crippen LogP contribution in [-0.2, 0) is 0 Å². The maximum Gasteiger partial charge on any atom is 0.238 e. The average molecular weight is 716 g/mol. The lowest BCUT2D eigenvalue weighted by atomic mass is 9.99. The Balaban J connectivity index is 1.13.